The highest BCUT2D eigenvalue weighted by atomic mass is 35.5. The fourth-order valence-electron chi connectivity index (χ4n) is 4.64. The summed E-state index contributed by atoms with van der Waals surface area (Å²) >= 11 is 7.02. The number of halogens is 6. The third-order valence-electron chi connectivity index (χ3n) is 7.60. The number of ether oxygens (including phenoxy) is 2. The molecule has 0 fully saturated rings. The van der Waals surface area contributed by atoms with Crippen LogP contribution < -0.4 is 53.7 Å². The van der Waals surface area contributed by atoms with Crippen LogP contribution in [-0.4, -0.2) is 58.8 Å². The summed E-state index contributed by atoms with van der Waals surface area (Å²) in [6.45, 7) is 1.81. The summed E-state index contributed by atoms with van der Waals surface area (Å²) in [4.78, 5) is 47.4. The van der Waals surface area contributed by atoms with Crippen molar-refractivity contribution in [3.05, 3.63) is 80.1 Å². The molecule has 2 aromatic carbocycles. The number of rotatable bonds is 19. The van der Waals surface area contributed by atoms with E-state index >= 15 is 0 Å². The maximum Gasteiger partial charge on any atom is 0.319 e. The van der Waals surface area contributed by atoms with Crippen LogP contribution in [0.2, 0.25) is 5.02 Å². The van der Waals surface area contributed by atoms with Crippen molar-refractivity contribution in [2.24, 2.45) is 22.9 Å². The second-order valence-electron chi connectivity index (χ2n) is 11.9. The number of aromatic nitrogens is 2. The Balaban J connectivity index is 0.000000310. The number of hydrogen-bond donors (Lipinski definition) is 8. The molecule has 12 N–H and O–H groups in total. The second kappa shape index (κ2) is 23.1. The van der Waals surface area contributed by atoms with E-state index < -0.39 is 71.7 Å². The van der Waals surface area contributed by atoms with E-state index in [0.29, 0.717) is 44.1 Å². The predicted molar refractivity (Wildman–Crippen MR) is 208 cm³/mol. The number of primary amides is 2. The zero-order valence-corrected chi connectivity index (χ0v) is 33.1. The van der Waals surface area contributed by atoms with Gasteiger partial charge in [0.25, 0.3) is 11.8 Å². The van der Waals surface area contributed by atoms with Gasteiger partial charge in [-0.15, -0.1) is 0 Å². The SMILES string of the molecule is Cc1cc(F)c(COc2nsc(NC(=O)NCCCCN)c2C(N)=O)c(F)c1F.NCCCCCNC(=O)Nc1snc(OCc2c(F)cc(Cl)cc2F)c1C(N)=O. The van der Waals surface area contributed by atoms with E-state index in [0.717, 1.165) is 55.4 Å². The summed E-state index contributed by atoms with van der Waals surface area (Å²) in [7, 11) is 0. The fourth-order valence-corrected chi connectivity index (χ4v) is 6.30. The number of nitrogens with zero attached hydrogens (tertiary/aromatic N) is 2. The molecule has 6 amide bonds. The third-order valence-corrected chi connectivity index (χ3v) is 9.31. The van der Waals surface area contributed by atoms with Crippen molar-refractivity contribution in [3.63, 3.8) is 0 Å². The molecule has 0 radical (unpaired) electrons. The number of carbonyl (C=O) groups is 4. The van der Waals surface area contributed by atoms with E-state index in [2.05, 4.69) is 30.0 Å². The van der Waals surface area contributed by atoms with Gasteiger partial charge in [0.15, 0.2) is 11.6 Å². The van der Waals surface area contributed by atoms with Crippen LogP contribution >= 0.6 is 34.7 Å². The number of benzene rings is 2. The molecule has 2 aromatic heterocycles. The average Bonchev–Trinajstić information content (AvgIpc) is 3.75. The molecular formula is C34H40ClF5N10O6S2. The molecule has 0 bridgehead atoms. The lowest BCUT2D eigenvalue weighted by atomic mass is 10.1. The molecule has 0 saturated heterocycles. The Morgan fingerprint density at radius 3 is 1.57 bits per heavy atom. The Bertz CT molecular complexity index is 2050. The molecule has 4 rings (SSSR count). The lowest BCUT2D eigenvalue weighted by molar-refractivity contribution is 0.0987. The number of hydrogen-bond acceptors (Lipinski definition) is 12. The number of nitrogens with two attached hydrogens (primary N) is 4. The van der Waals surface area contributed by atoms with Crippen molar-refractivity contribution in [1.82, 2.24) is 19.4 Å². The number of anilines is 2. The molecule has 0 aliphatic rings. The maximum atomic E-state index is 14.0. The van der Waals surface area contributed by atoms with E-state index in [1.54, 1.807) is 0 Å². The molecule has 0 spiro atoms. The summed E-state index contributed by atoms with van der Waals surface area (Å²) in [6.07, 6.45) is 3.90. The summed E-state index contributed by atoms with van der Waals surface area (Å²) in [5.41, 5.74) is 19.7. The van der Waals surface area contributed by atoms with Crippen molar-refractivity contribution < 1.29 is 50.6 Å². The highest BCUT2D eigenvalue weighted by molar-refractivity contribution is 7.11. The van der Waals surface area contributed by atoms with Gasteiger partial charge in [-0.1, -0.05) is 18.0 Å². The normalized spacial score (nSPS) is 10.6. The first-order valence-corrected chi connectivity index (χ1v) is 19.1. The van der Waals surface area contributed by atoms with Crippen LogP contribution in [-0.2, 0) is 13.2 Å². The van der Waals surface area contributed by atoms with Crippen LogP contribution in [0.5, 0.6) is 11.8 Å². The summed E-state index contributed by atoms with van der Waals surface area (Å²) < 4.78 is 87.4. The largest absolute Gasteiger partial charge is 0.471 e. The van der Waals surface area contributed by atoms with Gasteiger partial charge < -0.3 is 43.0 Å². The first-order valence-electron chi connectivity index (χ1n) is 17.2. The van der Waals surface area contributed by atoms with Crippen LogP contribution in [0, 0.1) is 36.0 Å². The second-order valence-corrected chi connectivity index (χ2v) is 13.9. The van der Waals surface area contributed by atoms with Crippen molar-refractivity contribution in [2.45, 2.75) is 52.2 Å². The fraction of sp³-hybridized carbons (Fsp3) is 0.353. The lowest BCUT2D eigenvalue weighted by Gasteiger charge is -2.10. The quantitative estimate of drug-likeness (QED) is 0.0337. The van der Waals surface area contributed by atoms with E-state index in [4.69, 9.17) is 44.0 Å². The molecule has 0 aliphatic heterocycles. The Morgan fingerprint density at radius 1 is 0.672 bits per heavy atom. The zero-order chi connectivity index (χ0) is 42.9. The molecule has 24 heteroatoms. The van der Waals surface area contributed by atoms with E-state index in [1.165, 1.54) is 6.92 Å². The topological polar surface area (TPSA) is 265 Å². The van der Waals surface area contributed by atoms with E-state index in [1.807, 2.05) is 0 Å². The molecule has 0 saturated carbocycles. The van der Waals surface area contributed by atoms with Gasteiger partial charge in [-0.25, -0.2) is 31.5 Å². The first-order chi connectivity index (χ1) is 27.6. The molecule has 0 unspecified atom stereocenters. The van der Waals surface area contributed by atoms with Crippen molar-refractivity contribution >= 4 is 68.5 Å². The van der Waals surface area contributed by atoms with E-state index in [9.17, 15) is 41.1 Å². The Labute approximate surface area is 341 Å². The Morgan fingerprint density at radius 2 is 1.10 bits per heavy atom. The molecule has 0 atom stereocenters. The van der Waals surface area contributed by atoms with Crippen LogP contribution in [0.1, 0.15) is 69.5 Å². The van der Waals surface area contributed by atoms with Crippen molar-refractivity contribution in [1.29, 1.82) is 0 Å². The minimum atomic E-state index is -1.39. The molecule has 316 valence electrons. The van der Waals surface area contributed by atoms with E-state index in [-0.39, 0.29) is 49.0 Å². The predicted octanol–water partition coefficient (Wildman–Crippen LogP) is 5.41. The van der Waals surface area contributed by atoms with Gasteiger partial charge in [0.1, 0.15) is 51.8 Å². The number of nitrogens with one attached hydrogen (secondary N) is 4. The summed E-state index contributed by atoms with van der Waals surface area (Å²) in [6, 6.07) is 1.55. The average molecular weight is 879 g/mol. The monoisotopic (exact) mass is 878 g/mol. The Hall–Kier alpha value is -5.36. The summed E-state index contributed by atoms with van der Waals surface area (Å²) in [5, 5.41) is 10.0. The smallest absolute Gasteiger partial charge is 0.319 e. The van der Waals surface area contributed by atoms with Gasteiger partial charge in [-0.2, -0.15) is 8.75 Å². The van der Waals surface area contributed by atoms with Crippen LogP contribution in [0.4, 0.5) is 41.5 Å². The van der Waals surface area contributed by atoms with Gasteiger partial charge in [-0.05, 0) is 92.5 Å². The van der Waals surface area contributed by atoms with Gasteiger partial charge in [0.05, 0.1) is 11.1 Å². The molecule has 2 heterocycles. The number of urea groups is 2. The first kappa shape index (κ1) is 47.0. The van der Waals surface area contributed by atoms with Crippen molar-refractivity contribution in [2.75, 3.05) is 36.8 Å². The van der Waals surface area contributed by atoms with Crippen LogP contribution in [0.3, 0.4) is 0 Å². The van der Waals surface area contributed by atoms with Gasteiger partial charge in [0, 0.05) is 18.1 Å². The number of carbonyl (C=O) groups excluding carboxylic acids is 4. The number of unbranched alkanes of at least 4 members (excludes halogenated alkanes) is 3. The number of amides is 6. The summed E-state index contributed by atoms with van der Waals surface area (Å²) in [5.74, 6) is -7.87. The minimum absolute atomic E-state index is 0.000134. The van der Waals surface area contributed by atoms with Gasteiger partial charge in [0.2, 0.25) is 11.8 Å². The highest BCUT2D eigenvalue weighted by Crippen LogP contribution is 2.33. The lowest BCUT2D eigenvalue weighted by Crippen LogP contribution is -2.30. The molecular weight excluding hydrogens is 839 g/mol. The van der Waals surface area contributed by atoms with Gasteiger partial charge >= 0.3 is 12.1 Å². The zero-order valence-electron chi connectivity index (χ0n) is 30.7. The third kappa shape index (κ3) is 13.6. The molecule has 58 heavy (non-hydrogen) atoms. The van der Waals surface area contributed by atoms with Crippen LogP contribution in [0.15, 0.2) is 18.2 Å². The van der Waals surface area contributed by atoms with Crippen molar-refractivity contribution in [3.8, 4) is 11.8 Å². The van der Waals surface area contributed by atoms with Gasteiger partial charge in [-0.3, -0.25) is 20.2 Å². The molecule has 4 aromatic rings. The Kier molecular flexibility index (Phi) is 18.8. The van der Waals surface area contributed by atoms with Crippen LogP contribution in [0.25, 0.3) is 0 Å². The molecule has 0 aliphatic carbocycles. The number of aryl methyl sites for hydroxylation is 1. The standard InChI is InChI=1S/C17H20ClF2N5O3S.C17H20F3N5O3S/c18-9-6-11(19)10(12(20)7-9)8-28-15-13(14(22)26)16(29-25-15)24-17(27)23-5-3-1-2-4-21;1-8-6-10(18)9(13(20)12(8)19)7-28-15-11(14(22)26)16(29-25-15)24-17(27)23-5-3-2-4-21/h6-7H,1-5,8,21H2,(H2,22,26)(H2,23,24,27);6H,2-5,7,21H2,1H3,(H2,22,26)(H2,23,24,27). The highest BCUT2D eigenvalue weighted by Gasteiger charge is 2.25. The minimum Gasteiger partial charge on any atom is -0.471 e. The molecule has 16 nitrogen and oxygen atoms in total. The maximum absolute atomic E-state index is 14.0.